The van der Waals surface area contributed by atoms with Gasteiger partial charge in [-0.3, -0.25) is 4.57 Å². The molecule has 0 aromatic heterocycles. The Bertz CT molecular complexity index is 142. The second-order valence-corrected chi connectivity index (χ2v) is 4.13. The van der Waals surface area contributed by atoms with Crippen molar-refractivity contribution in [2.45, 2.75) is 12.5 Å². The predicted octanol–water partition coefficient (Wildman–Crippen LogP) is -0.439. The fraction of sp³-hybridized carbons (Fsp3) is 1.00. The van der Waals surface area contributed by atoms with Crippen molar-refractivity contribution in [3.63, 3.8) is 0 Å². The lowest BCUT2D eigenvalue weighted by molar-refractivity contribution is 0.0740. The highest BCUT2D eigenvalue weighted by atomic mass is 31.2. The smallest absolute Gasteiger partial charge is 0.325 e. The van der Waals surface area contributed by atoms with Crippen molar-refractivity contribution >= 4 is 7.60 Å². The SMILES string of the molecule is CP(=O)(O)OCCC(O)CO. The maximum absolute atomic E-state index is 10.5. The van der Waals surface area contributed by atoms with Crippen LogP contribution in [0.2, 0.25) is 0 Å². The average Bonchev–Trinajstić information content (AvgIpc) is 1.85. The normalized spacial score (nSPS) is 19.3. The summed E-state index contributed by atoms with van der Waals surface area (Å²) in [6.07, 6.45) is -0.712. The van der Waals surface area contributed by atoms with Gasteiger partial charge in [0.2, 0.25) is 0 Å². The van der Waals surface area contributed by atoms with Crippen LogP contribution >= 0.6 is 7.60 Å². The summed E-state index contributed by atoms with van der Waals surface area (Å²) in [5.74, 6) is 0. The summed E-state index contributed by atoms with van der Waals surface area (Å²) in [6, 6.07) is 0. The van der Waals surface area contributed by atoms with Crippen LogP contribution < -0.4 is 0 Å². The molecule has 0 radical (unpaired) electrons. The molecule has 0 bridgehead atoms. The third-order valence-electron chi connectivity index (χ3n) is 0.993. The minimum Gasteiger partial charge on any atom is -0.394 e. The van der Waals surface area contributed by atoms with E-state index < -0.39 is 13.7 Å². The molecule has 3 N–H and O–H groups in total. The lowest BCUT2D eigenvalue weighted by Crippen LogP contribution is -2.14. The molecular formula is C5H13O5P. The van der Waals surface area contributed by atoms with E-state index >= 15 is 0 Å². The Balaban J connectivity index is 3.35. The van der Waals surface area contributed by atoms with Crippen LogP contribution in [0.1, 0.15) is 6.42 Å². The van der Waals surface area contributed by atoms with Crippen molar-refractivity contribution in [2.75, 3.05) is 19.9 Å². The third-order valence-corrected chi connectivity index (χ3v) is 1.65. The van der Waals surface area contributed by atoms with Gasteiger partial charge in [0, 0.05) is 6.66 Å². The van der Waals surface area contributed by atoms with E-state index in [9.17, 15) is 4.57 Å². The quantitative estimate of drug-likeness (QED) is 0.504. The molecule has 0 rings (SSSR count). The molecule has 0 aliphatic heterocycles. The molecule has 0 saturated heterocycles. The number of hydrogen-bond donors (Lipinski definition) is 3. The zero-order valence-corrected chi connectivity index (χ0v) is 7.20. The van der Waals surface area contributed by atoms with Crippen LogP contribution in [0.15, 0.2) is 0 Å². The van der Waals surface area contributed by atoms with E-state index in [4.69, 9.17) is 15.1 Å². The molecule has 2 unspecified atom stereocenters. The van der Waals surface area contributed by atoms with Gasteiger partial charge in [0.1, 0.15) is 0 Å². The van der Waals surface area contributed by atoms with Gasteiger partial charge in [-0.15, -0.1) is 0 Å². The van der Waals surface area contributed by atoms with Crippen molar-refractivity contribution < 1.29 is 24.2 Å². The fourth-order valence-electron chi connectivity index (χ4n) is 0.449. The molecule has 6 heteroatoms. The first-order chi connectivity index (χ1) is 4.95. The van der Waals surface area contributed by atoms with Crippen molar-refractivity contribution in [3.8, 4) is 0 Å². The van der Waals surface area contributed by atoms with Crippen molar-refractivity contribution in [1.29, 1.82) is 0 Å². The van der Waals surface area contributed by atoms with E-state index in [1.807, 2.05) is 0 Å². The molecule has 0 saturated carbocycles. The molecule has 0 amide bonds. The molecule has 5 nitrogen and oxygen atoms in total. The van der Waals surface area contributed by atoms with Gasteiger partial charge < -0.3 is 19.6 Å². The summed E-state index contributed by atoms with van der Waals surface area (Å²) in [4.78, 5) is 8.59. The maximum Gasteiger partial charge on any atom is 0.325 e. The van der Waals surface area contributed by atoms with Crippen LogP contribution in [0.4, 0.5) is 0 Å². The van der Waals surface area contributed by atoms with E-state index in [0.29, 0.717) is 0 Å². The zero-order chi connectivity index (χ0) is 8.91. The van der Waals surface area contributed by atoms with Gasteiger partial charge in [-0.25, -0.2) is 0 Å². The molecule has 0 aromatic rings. The average molecular weight is 184 g/mol. The van der Waals surface area contributed by atoms with Gasteiger partial charge in [-0.05, 0) is 6.42 Å². The van der Waals surface area contributed by atoms with Gasteiger partial charge in [-0.1, -0.05) is 0 Å². The predicted molar refractivity (Wildman–Crippen MR) is 39.4 cm³/mol. The van der Waals surface area contributed by atoms with Gasteiger partial charge in [0.15, 0.2) is 0 Å². The molecule has 0 spiro atoms. The summed E-state index contributed by atoms with van der Waals surface area (Å²) in [6.45, 7) is 0.688. The monoisotopic (exact) mass is 184 g/mol. The Hall–Kier alpha value is 0.0700. The fourth-order valence-corrected chi connectivity index (χ4v) is 0.894. The first kappa shape index (κ1) is 11.1. The van der Waals surface area contributed by atoms with Crippen molar-refractivity contribution in [1.82, 2.24) is 0 Å². The molecular weight excluding hydrogens is 171 g/mol. The Labute approximate surface area is 65.2 Å². The Morgan fingerprint density at radius 1 is 1.64 bits per heavy atom. The minimum atomic E-state index is -3.43. The van der Waals surface area contributed by atoms with Crippen molar-refractivity contribution in [2.24, 2.45) is 0 Å². The zero-order valence-electron chi connectivity index (χ0n) is 6.30. The van der Waals surface area contributed by atoms with Crippen LogP contribution in [-0.4, -0.2) is 41.1 Å². The molecule has 68 valence electrons. The first-order valence-corrected chi connectivity index (χ1v) is 5.22. The Kier molecular flexibility index (Phi) is 4.88. The Morgan fingerprint density at radius 3 is 2.55 bits per heavy atom. The molecule has 0 fully saturated rings. The molecule has 0 aromatic carbocycles. The van der Waals surface area contributed by atoms with Gasteiger partial charge in [0.05, 0.1) is 19.3 Å². The van der Waals surface area contributed by atoms with Crippen LogP contribution in [-0.2, 0) is 9.09 Å². The molecule has 0 heterocycles. The maximum atomic E-state index is 10.5. The van der Waals surface area contributed by atoms with E-state index in [0.717, 1.165) is 6.66 Å². The standard InChI is InChI=1S/C5H13O5P/c1-11(8,9)10-3-2-5(7)4-6/h5-7H,2-4H2,1H3,(H,8,9). The lowest BCUT2D eigenvalue weighted by atomic mass is 10.3. The van der Waals surface area contributed by atoms with E-state index in [1.165, 1.54) is 0 Å². The number of aliphatic hydroxyl groups excluding tert-OH is 2. The lowest BCUT2D eigenvalue weighted by Gasteiger charge is -2.08. The summed E-state index contributed by atoms with van der Waals surface area (Å²) in [7, 11) is -3.43. The van der Waals surface area contributed by atoms with Crippen LogP contribution in [0.5, 0.6) is 0 Å². The highest BCUT2D eigenvalue weighted by molar-refractivity contribution is 7.51. The molecule has 2 atom stereocenters. The van der Waals surface area contributed by atoms with E-state index in [1.54, 1.807) is 0 Å². The molecule has 0 aliphatic rings. The number of aliphatic hydroxyl groups is 2. The largest absolute Gasteiger partial charge is 0.394 e. The summed E-state index contributed by atoms with van der Waals surface area (Å²) in [5.41, 5.74) is 0. The first-order valence-electron chi connectivity index (χ1n) is 3.19. The minimum absolute atomic E-state index is 0.0218. The van der Waals surface area contributed by atoms with Crippen molar-refractivity contribution in [3.05, 3.63) is 0 Å². The summed E-state index contributed by atoms with van der Waals surface area (Å²) in [5, 5.41) is 17.1. The van der Waals surface area contributed by atoms with Crippen LogP contribution in [0, 0.1) is 0 Å². The van der Waals surface area contributed by atoms with Gasteiger partial charge >= 0.3 is 7.60 Å². The molecule has 0 aliphatic carbocycles. The van der Waals surface area contributed by atoms with Crippen LogP contribution in [0.3, 0.4) is 0 Å². The highest BCUT2D eigenvalue weighted by Gasteiger charge is 2.10. The summed E-state index contributed by atoms with van der Waals surface area (Å²) < 4.78 is 14.9. The highest BCUT2D eigenvalue weighted by Crippen LogP contribution is 2.36. The van der Waals surface area contributed by atoms with Gasteiger partial charge in [0.25, 0.3) is 0 Å². The molecule has 11 heavy (non-hydrogen) atoms. The second-order valence-electron chi connectivity index (χ2n) is 2.26. The Morgan fingerprint density at radius 2 is 2.18 bits per heavy atom. The number of hydrogen-bond acceptors (Lipinski definition) is 4. The van der Waals surface area contributed by atoms with Crippen LogP contribution in [0.25, 0.3) is 0 Å². The van der Waals surface area contributed by atoms with Gasteiger partial charge in [-0.2, -0.15) is 0 Å². The summed E-state index contributed by atoms with van der Waals surface area (Å²) >= 11 is 0. The second kappa shape index (κ2) is 4.85. The third kappa shape index (κ3) is 7.97. The van der Waals surface area contributed by atoms with E-state index in [2.05, 4.69) is 4.52 Å². The number of rotatable bonds is 5. The topological polar surface area (TPSA) is 87.0 Å². The van der Waals surface area contributed by atoms with E-state index in [-0.39, 0.29) is 19.6 Å².